The standard InChI is InChI=1S/C12H14O2S/c13-7-3-6-11-4-1-2-5-12(11)10-15-9-8-14/h1-2,4-5,13-14H,7-10H2. The van der Waals surface area contributed by atoms with Gasteiger partial charge >= 0.3 is 0 Å². The highest BCUT2D eigenvalue weighted by molar-refractivity contribution is 7.98. The average Bonchev–Trinajstić information content (AvgIpc) is 2.28. The van der Waals surface area contributed by atoms with Gasteiger partial charge in [0.25, 0.3) is 0 Å². The Balaban J connectivity index is 2.68. The third-order valence-corrected chi connectivity index (χ3v) is 2.80. The quantitative estimate of drug-likeness (QED) is 0.595. The lowest BCUT2D eigenvalue weighted by Gasteiger charge is -2.03. The van der Waals surface area contributed by atoms with Gasteiger partial charge in [-0.05, 0) is 11.6 Å². The lowest BCUT2D eigenvalue weighted by Crippen LogP contribution is -1.91. The third kappa shape index (κ3) is 4.39. The third-order valence-electron chi connectivity index (χ3n) is 1.81. The summed E-state index contributed by atoms with van der Waals surface area (Å²) in [5.41, 5.74) is 2.11. The molecule has 0 amide bonds. The highest BCUT2D eigenvalue weighted by Crippen LogP contribution is 2.15. The first-order chi connectivity index (χ1) is 7.38. The highest BCUT2D eigenvalue weighted by atomic mass is 32.2. The summed E-state index contributed by atoms with van der Waals surface area (Å²) in [7, 11) is 0. The van der Waals surface area contributed by atoms with Crippen LogP contribution in [-0.2, 0) is 5.75 Å². The van der Waals surface area contributed by atoms with Crippen LogP contribution in [0.2, 0.25) is 0 Å². The Morgan fingerprint density at radius 2 is 2.00 bits per heavy atom. The lowest BCUT2D eigenvalue weighted by atomic mass is 10.1. The van der Waals surface area contributed by atoms with E-state index in [0.717, 1.165) is 22.6 Å². The normalized spacial score (nSPS) is 9.47. The Bertz CT molecular complexity index is 352. The van der Waals surface area contributed by atoms with Crippen LogP contribution in [0.1, 0.15) is 11.1 Å². The molecule has 1 rings (SSSR count). The largest absolute Gasteiger partial charge is 0.396 e. The fraction of sp³-hybridized carbons (Fsp3) is 0.333. The summed E-state index contributed by atoms with van der Waals surface area (Å²) in [5, 5.41) is 17.3. The van der Waals surface area contributed by atoms with Gasteiger partial charge in [-0.3, -0.25) is 0 Å². The highest BCUT2D eigenvalue weighted by Gasteiger charge is 1.98. The van der Waals surface area contributed by atoms with E-state index in [0.29, 0.717) is 0 Å². The predicted molar refractivity (Wildman–Crippen MR) is 63.7 cm³/mol. The SMILES string of the molecule is OCC#Cc1ccccc1CSCCO. The fourth-order valence-corrected chi connectivity index (χ4v) is 1.89. The second kappa shape index (κ2) is 7.36. The molecule has 0 saturated carbocycles. The van der Waals surface area contributed by atoms with Crippen LogP contribution in [0, 0.1) is 11.8 Å². The van der Waals surface area contributed by atoms with E-state index in [4.69, 9.17) is 10.2 Å². The molecule has 2 nitrogen and oxygen atoms in total. The van der Waals surface area contributed by atoms with E-state index < -0.39 is 0 Å². The first-order valence-electron chi connectivity index (χ1n) is 4.74. The molecule has 0 radical (unpaired) electrons. The van der Waals surface area contributed by atoms with Crippen molar-refractivity contribution in [1.29, 1.82) is 0 Å². The Kier molecular flexibility index (Phi) is 5.94. The van der Waals surface area contributed by atoms with Crippen molar-refractivity contribution in [2.75, 3.05) is 19.0 Å². The summed E-state index contributed by atoms with van der Waals surface area (Å²) in [6.07, 6.45) is 0. The molecule has 0 unspecified atom stereocenters. The smallest absolute Gasteiger partial charge is 0.104 e. The summed E-state index contributed by atoms with van der Waals surface area (Å²) in [6.45, 7) is 0.0905. The Hall–Kier alpha value is -0.950. The van der Waals surface area contributed by atoms with Gasteiger partial charge in [0.05, 0.1) is 6.61 Å². The van der Waals surface area contributed by atoms with Gasteiger partial charge in [0, 0.05) is 17.1 Å². The molecule has 80 valence electrons. The van der Waals surface area contributed by atoms with E-state index in [1.165, 1.54) is 0 Å². The zero-order valence-electron chi connectivity index (χ0n) is 8.44. The summed E-state index contributed by atoms with van der Waals surface area (Å²) in [4.78, 5) is 0. The number of thioether (sulfide) groups is 1. The number of aliphatic hydroxyl groups excluding tert-OH is 2. The molecule has 0 atom stereocenters. The van der Waals surface area contributed by atoms with Crippen LogP contribution in [0.15, 0.2) is 24.3 Å². The van der Waals surface area contributed by atoms with E-state index in [9.17, 15) is 0 Å². The monoisotopic (exact) mass is 222 g/mol. The van der Waals surface area contributed by atoms with Gasteiger partial charge in [-0.2, -0.15) is 11.8 Å². The fourth-order valence-electron chi connectivity index (χ4n) is 1.15. The first kappa shape index (κ1) is 12.1. The molecule has 0 heterocycles. The molecule has 0 aliphatic carbocycles. The molecule has 0 spiro atoms. The number of aliphatic hydroxyl groups is 2. The summed E-state index contributed by atoms with van der Waals surface area (Å²) >= 11 is 1.67. The van der Waals surface area contributed by atoms with Gasteiger partial charge < -0.3 is 10.2 Å². The Morgan fingerprint density at radius 1 is 1.20 bits per heavy atom. The van der Waals surface area contributed by atoms with Crippen molar-refractivity contribution in [2.24, 2.45) is 0 Å². The van der Waals surface area contributed by atoms with E-state index in [1.54, 1.807) is 11.8 Å². The number of hydrogen-bond acceptors (Lipinski definition) is 3. The molecule has 1 aromatic rings. The molecule has 1 aromatic carbocycles. The Labute approximate surface area is 94.3 Å². The summed E-state index contributed by atoms with van der Waals surface area (Å²) in [5.74, 6) is 7.14. The molecule has 0 aliphatic rings. The van der Waals surface area contributed by atoms with E-state index in [2.05, 4.69) is 11.8 Å². The predicted octanol–water partition coefficient (Wildman–Crippen LogP) is 1.26. The number of hydrogen-bond donors (Lipinski definition) is 2. The van der Waals surface area contributed by atoms with Crippen molar-refractivity contribution in [3.05, 3.63) is 35.4 Å². The summed E-state index contributed by atoms with van der Waals surface area (Å²) in [6, 6.07) is 7.86. The molecule has 0 bridgehead atoms. The van der Waals surface area contributed by atoms with Crippen molar-refractivity contribution < 1.29 is 10.2 Å². The van der Waals surface area contributed by atoms with Gasteiger partial charge in [0.15, 0.2) is 0 Å². The maximum Gasteiger partial charge on any atom is 0.104 e. The van der Waals surface area contributed by atoms with Crippen LogP contribution in [0.25, 0.3) is 0 Å². The van der Waals surface area contributed by atoms with E-state index >= 15 is 0 Å². The molecule has 0 aliphatic heterocycles. The lowest BCUT2D eigenvalue weighted by molar-refractivity contribution is 0.322. The van der Waals surface area contributed by atoms with Crippen molar-refractivity contribution in [2.45, 2.75) is 5.75 Å². The average molecular weight is 222 g/mol. The summed E-state index contributed by atoms with van der Waals surface area (Å²) < 4.78 is 0. The second-order valence-corrected chi connectivity index (χ2v) is 4.00. The van der Waals surface area contributed by atoms with Gasteiger partial charge in [-0.15, -0.1) is 0 Å². The first-order valence-corrected chi connectivity index (χ1v) is 5.90. The van der Waals surface area contributed by atoms with E-state index in [-0.39, 0.29) is 13.2 Å². The molecular weight excluding hydrogens is 208 g/mol. The zero-order valence-corrected chi connectivity index (χ0v) is 9.26. The van der Waals surface area contributed by atoms with Crippen molar-refractivity contribution in [1.82, 2.24) is 0 Å². The second-order valence-electron chi connectivity index (χ2n) is 2.89. The van der Waals surface area contributed by atoms with Crippen LogP contribution in [0.5, 0.6) is 0 Å². The van der Waals surface area contributed by atoms with Crippen LogP contribution in [0.4, 0.5) is 0 Å². The van der Waals surface area contributed by atoms with Crippen molar-refractivity contribution >= 4 is 11.8 Å². The maximum absolute atomic E-state index is 8.67. The van der Waals surface area contributed by atoms with Gasteiger partial charge in [-0.25, -0.2) is 0 Å². The van der Waals surface area contributed by atoms with Crippen LogP contribution >= 0.6 is 11.8 Å². The zero-order chi connectivity index (χ0) is 10.9. The molecule has 0 aromatic heterocycles. The minimum atomic E-state index is -0.113. The van der Waals surface area contributed by atoms with Gasteiger partial charge in [0.1, 0.15) is 6.61 Å². The molecule has 0 fully saturated rings. The molecule has 15 heavy (non-hydrogen) atoms. The molecule has 3 heteroatoms. The minimum Gasteiger partial charge on any atom is -0.396 e. The topological polar surface area (TPSA) is 40.5 Å². The number of benzene rings is 1. The molecule has 0 saturated heterocycles. The maximum atomic E-state index is 8.67. The van der Waals surface area contributed by atoms with Crippen molar-refractivity contribution in [3.63, 3.8) is 0 Å². The minimum absolute atomic E-state index is 0.113. The number of rotatable bonds is 4. The van der Waals surface area contributed by atoms with Crippen molar-refractivity contribution in [3.8, 4) is 11.8 Å². The van der Waals surface area contributed by atoms with Crippen LogP contribution in [0.3, 0.4) is 0 Å². The van der Waals surface area contributed by atoms with Gasteiger partial charge in [-0.1, -0.05) is 30.0 Å². The molecular formula is C12H14O2S. The van der Waals surface area contributed by atoms with Crippen LogP contribution in [-0.4, -0.2) is 29.2 Å². The van der Waals surface area contributed by atoms with Gasteiger partial charge in [0.2, 0.25) is 0 Å². The molecule has 2 N–H and O–H groups in total. The van der Waals surface area contributed by atoms with Crippen LogP contribution < -0.4 is 0 Å². The Morgan fingerprint density at radius 3 is 2.73 bits per heavy atom. The van der Waals surface area contributed by atoms with E-state index in [1.807, 2.05) is 24.3 Å².